The van der Waals surface area contributed by atoms with Gasteiger partial charge in [-0.05, 0) is 66.0 Å². The second kappa shape index (κ2) is 10.4. The van der Waals surface area contributed by atoms with Gasteiger partial charge in [0.25, 0.3) is 0 Å². The summed E-state index contributed by atoms with van der Waals surface area (Å²) in [5, 5.41) is 30.1. The molecule has 0 spiro atoms. The molecule has 7 heteroatoms. The molecule has 1 aliphatic rings. The summed E-state index contributed by atoms with van der Waals surface area (Å²) in [7, 11) is 0. The number of ether oxygens (including phenoxy) is 1. The molecule has 0 saturated carbocycles. The number of thiophene rings is 1. The minimum Gasteiger partial charge on any atom is -0.511 e. The quantitative estimate of drug-likeness (QED) is 0.373. The standard InChI is InChI=1S/C27H36O5S2/c1-16(2)27(10-9-19-7-8-20(15-29)33-19)13-22(30)24(25(31)32-27)34-23-11-17(3)18(14-28)12-21(23)26(4,5)6/h7-8,11-12,16,28-30H,9-10,13-15H2,1-6H3. The lowest BCUT2D eigenvalue weighted by Crippen LogP contribution is -2.44. The van der Waals surface area contributed by atoms with Crippen molar-refractivity contribution in [3.63, 3.8) is 0 Å². The molecule has 2 heterocycles. The Morgan fingerprint density at radius 1 is 1.15 bits per heavy atom. The number of cyclic esters (lactones) is 1. The number of hydrogen-bond acceptors (Lipinski definition) is 7. The summed E-state index contributed by atoms with van der Waals surface area (Å²) in [4.78, 5) is 16.4. The van der Waals surface area contributed by atoms with Crippen molar-refractivity contribution in [2.75, 3.05) is 0 Å². The third-order valence-electron chi connectivity index (χ3n) is 6.56. The number of aliphatic hydroxyl groups excluding tert-OH is 3. The molecule has 0 fully saturated rings. The Hall–Kier alpha value is -1.80. The molecule has 186 valence electrons. The van der Waals surface area contributed by atoms with Crippen LogP contribution in [0.4, 0.5) is 0 Å². The average molecular weight is 505 g/mol. The highest BCUT2D eigenvalue weighted by atomic mass is 32.2. The monoisotopic (exact) mass is 504 g/mol. The first kappa shape index (κ1) is 26.8. The van der Waals surface area contributed by atoms with Crippen LogP contribution in [0.2, 0.25) is 0 Å². The van der Waals surface area contributed by atoms with E-state index in [-0.39, 0.29) is 41.6 Å². The number of benzene rings is 1. The smallest absolute Gasteiger partial charge is 0.349 e. The normalized spacial score (nSPS) is 19.1. The molecule has 0 saturated heterocycles. The third-order valence-corrected chi connectivity index (χ3v) is 8.85. The lowest BCUT2D eigenvalue weighted by Gasteiger charge is -2.40. The lowest BCUT2D eigenvalue weighted by molar-refractivity contribution is -0.164. The van der Waals surface area contributed by atoms with Gasteiger partial charge in [0.15, 0.2) is 0 Å². The Kier molecular flexibility index (Phi) is 8.23. The predicted octanol–water partition coefficient (Wildman–Crippen LogP) is 6.17. The molecule has 2 aromatic rings. The van der Waals surface area contributed by atoms with E-state index in [9.17, 15) is 20.1 Å². The van der Waals surface area contributed by atoms with Crippen LogP contribution in [0, 0.1) is 12.8 Å². The summed E-state index contributed by atoms with van der Waals surface area (Å²) >= 11 is 2.81. The number of esters is 1. The van der Waals surface area contributed by atoms with Crippen molar-refractivity contribution < 1.29 is 24.9 Å². The van der Waals surface area contributed by atoms with E-state index in [1.807, 2.05) is 45.0 Å². The van der Waals surface area contributed by atoms with Gasteiger partial charge in [-0.3, -0.25) is 0 Å². The van der Waals surface area contributed by atoms with Crippen molar-refractivity contribution in [1.29, 1.82) is 0 Å². The number of carbonyl (C=O) groups is 1. The van der Waals surface area contributed by atoms with E-state index >= 15 is 0 Å². The first-order valence-corrected chi connectivity index (χ1v) is 13.3. The van der Waals surface area contributed by atoms with E-state index in [2.05, 4.69) is 20.8 Å². The first-order chi connectivity index (χ1) is 15.9. The molecule has 34 heavy (non-hydrogen) atoms. The molecule has 0 amide bonds. The topological polar surface area (TPSA) is 87.0 Å². The van der Waals surface area contributed by atoms with Gasteiger partial charge in [0.2, 0.25) is 0 Å². The summed E-state index contributed by atoms with van der Waals surface area (Å²) in [5.74, 6) is -0.395. The largest absolute Gasteiger partial charge is 0.511 e. The molecule has 1 aliphatic heterocycles. The molecule has 1 aromatic heterocycles. The third kappa shape index (κ3) is 5.70. The summed E-state index contributed by atoms with van der Waals surface area (Å²) in [6, 6.07) is 7.88. The Balaban J connectivity index is 1.90. The van der Waals surface area contributed by atoms with Crippen LogP contribution in [0.1, 0.15) is 73.9 Å². The lowest BCUT2D eigenvalue weighted by atomic mass is 9.80. The molecule has 5 nitrogen and oxygen atoms in total. The van der Waals surface area contributed by atoms with Crippen LogP contribution in [0.5, 0.6) is 0 Å². The molecule has 0 radical (unpaired) electrons. The van der Waals surface area contributed by atoms with Crippen molar-refractivity contribution in [2.24, 2.45) is 5.92 Å². The second-order valence-corrected chi connectivity index (χ2v) is 12.7. The van der Waals surface area contributed by atoms with Crippen LogP contribution < -0.4 is 0 Å². The maximum Gasteiger partial charge on any atom is 0.349 e. The van der Waals surface area contributed by atoms with Crippen molar-refractivity contribution in [2.45, 2.75) is 89.9 Å². The maximum atomic E-state index is 13.2. The Bertz CT molecular complexity index is 1080. The second-order valence-electron chi connectivity index (χ2n) is 10.4. The molecule has 3 rings (SSSR count). The van der Waals surface area contributed by atoms with E-state index in [0.717, 1.165) is 31.3 Å². The van der Waals surface area contributed by atoms with Gasteiger partial charge < -0.3 is 20.1 Å². The van der Waals surface area contributed by atoms with Crippen molar-refractivity contribution in [3.05, 3.63) is 61.4 Å². The zero-order valence-corrected chi connectivity index (χ0v) is 22.5. The van der Waals surface area contributed by atoms with Crippen LogP contribution in [0.15, 0.2) is 39.8 Å². The highest BCUT2D eigenvalue weighted by molar-refractivity contribution is 8.04. The summed E-state index contributed by atoms with van der Waals surface area (Å²) in [5.41, 5.74) is 1.83. The molecule has 0 bridgehead atoms. The van der Waals surface area contributed by atoms with Crippen molar-refractivity contribution >= 4 is 29.1 Å². The molecular formula is C27H36O5S2. The van der Waals surface area contributed by atoms with Crippen molar-refractivity contribution in [1.82, 2.24) is 0 Å². The Morgan fingerprint density at radius 3 is 2.35 bits per heavy atom. The SMILES string of the molecule is Cc1cc(SC2=C(O)CC(CCc3ccc(CO)s3)(C(C)C)OC2=O)c(C(C)(C)C)cc1CO. The number of rotatable bonds is 8. The van der Waals surface area contributed by atoms with E-state index in [1.165, 1.54) is 11.8 Å². The van der Waals surface area contributed by atoms with Gasteiger partial charge in [-0.15, -0.1) is 11.3 Å². The first-order valence-electron chi connectivity index (χ1n) is 11.7. The van der Waals surface area contributed by atoms with Gasteiger partial charge >= 0.3 is 5.97 Å². The Morgan fingerprint density at radius 2 is 1.82 bits per heavy atom. The van der Waals surface area contributed by atoms with E-state index in [0.29, 0.717) is 12.8 Å². The van der Waals surface area contributed by atoms with Gasteiger partial charge in [-0.25, -0.2) is 4.79 Å². The van der Waals surface area contributed by atoms with Gasteiger partial charge in [0.05, 0.1) is 13.2 Å². The van der Waals surface area contributed by atoms with E-state index < -0.39 is 11.6 Å². The van der Waals surface area contributed by atoms with Crippen LogP contribution in [-0.4, -0.2) is 26.9 Å². The van der Waals surface area contributed by atoms with E-state index in [4.69, 9.17) is 4.74 Å². The van der Waals surface area contributed by atoms with Crippen molar-refractivity contribution in [3.8, 4) is 0 Å². The minimum absolute atomic E-state index is 0.0222. The van der Waals surface area contributed by atoms with Crippen LogP contribution in [0.25, 0.3) is 0 Å². The maximum absolute atomic E-state index is 13.2. The van der Waals surface area contributed by atoms with Crippen LogP contribution in [-0.2, 0) is 34.6 Å². The summed E-state index contributed by atoms with van der Waals surface area (Å²) in [6.45, 7) is 12.2. The zero-order valence-electron chi connectivity index (χ0n) is 20.9. The number of aryl methyl sites for hydroxylation is 2. The molecule has 3 N–H and O–H groups in total. The number of carbonyl (C=O) groups excluding carboxylic acids is 1. The molecule has 1 aromatic carbocycles. The van der Waals surface area contributed by atoms with Crippen LogP contribution in [0.3, 0.4) is 0 Å². The number of hydrogen-bond donors (Lipinski definition) is 3. The summed E-state index contributed by atoms with van der Waals surface area (Å²) < 4.78 is 6.08. The fraction of sp³-hybridized carbons (Fsp3) is 0.519. The van der Waals surface area contributed by atoms with Crippen LogP contribution >= 0.6 is 23.1 Å². The van der Waals surface area contributed by atoms with Gasteiger partial charge in [0, 0.05) is 21.1 Å². The predicted molar refractivity (Wildman–Crippen MR) is 138 cm³/mol. The minimum atomic E-state index is -0.780. The fourth-order valence-electron chi connectivity index (χ4n) is 4.25. The molecule has 1 unspecified atom stereocenters. The van der Waals surface area contributed by atoms with Gasteiger partial charge in [0.1, 0.15) is 16.3 Å². The number of thioether (sulfide) groups is 1. The average Bonchev–Trinajstić information content (AvgIpc) is 3.22. The fourth-order valence-corrected chi connectivity index (χ4v) is 6.38. The molecular weight excluding hydrogens is 468 g/mol. The Labute approximate surface area is 210 Å². The van der Waals surface area contributed by atoms with E-state index in [1.54, 1.807) is 11.3 Å². The zero-order chi connectivity index (χ0) is 25.3. The number of aliphatic hydroxyl groups is 3. The molecule has 1 atom stereocenters. The summed E-state index contributed by atoms with van der Waals surface area (Å²) in [6.07, 6.45) is 1.58. The van der Waals surface area contributed by atoms with Gasteiger partial charge in [-0.2, -0.15) is 0 Å². The highest BCUT2D eigenvalue weighted by Gasteiger charge is 2.44. The van der Waals surface area contributed by atoms with Gasteiger partial charge in [-0.1, -0.05) is 52.4 Å². The molecule has 0 aliphatic carbocycles. The highest BCUT2D eigenvalue weighted by Crippen LogP contribution is 2.45.